The topological polar surface area (TPSA) is 15.6 Å². The van der Waals surface area contributed by atoms with Gasteiger partial charge in [0.1, 0.15) is 0 Å². The van der Waals surface area contributed by atoms with E-state index >= 15 is 0 Å². The van der Waals surface area contributed by atoms with Crippen molar-refractivity contribution in [2.75, 3.05) is 14.1 Å². The highest BCUT2D eigenvalue weighted by molar-refractivity contribution is 8.15. The summed E-state index contributed by atoms with van der Waals surface area (Å²) in [5.41, 5.74) is 0. The lowest BCUT2D eigenvalue weighted by Crippen LogP contribution is -2.31. The van der Waals surface area contributed by atoms with Gasteiger partial charge in [0.2, 0.25) is 0 Å². The standard InChI is InChI=1S/C18H30N2S/c1-13-4-10-17-16(12-13)19-18(21-17)11-7-14-5-8-15(9-6-14)20(2)3/h7,11,13-17H,4-6,8-10,12H2,1-3H3. The van der Waals surface area contributed by atoms with Crippen molar-refractivity contribution in [1.82, 2.24) is 4.90 Å². The van der Waals surface area contributed by atoms with Crippen LogP contribution in [0, 0.1) is 11.8 Å². The molecule has 1 heterocycles. The van der Waals surface area contributed by atoms with E-state index in [1.54, 1.807) is 0 Å². The minimum atomic E-state index is 0.614. The summed E-state index contributed by atoms with van der Waals surface area (Å²) in [5, 5.41) is 2.10. The van der Waals surface area contributed by atoms with Crippen molar-refractivity contribution in [2.24, 2.45) is 16.8 Å². The highest BCUT2D eigenvalue weighted by Gasteiger charge is 2.34. The maximum atomic E-state index is 4.97. The molecular weight excluding hydrogens is 276 g/mol. The fourth-order valence-electron chi connectivity index (χ4n) is 4.06. The molecule has 2 nitrogen and oxygen atoms in total. The molecule has 3 unspecified atom stereocenters. The van der Waals surface area contributed by atoms with Crippen LogP contribution in [-0.4, -0.2) is 41.4 Å². The van der Waals surface area contributed by atoms with Gasteiger partial charge in [0, 0.05) is 11.3 Å². The second kappa shape index (κ2) is 6.87. The van der Waals surface area contributed by atoms with Gasteiger partial charge in [0.25, 0.3) is 0 Å². The van der Waals surface area contributed by atoms with Crippen LogP contribution in [0.25, 0.3) is 0 Å². The quantitative estimate of drug-likeness (QED) is 0.769. The van der Waals surface area contributed by atoms with Crippen LogP contribution in [0.1, 0.15) is 51.9 Å². The van der Waals surface area contributed by atoms with Gasteiger partial charge in [-0.25, -0.2) is 0 Å². The average Bonchev–Trinajstić information content (AvgIpc) is 2.87. The normalized spacial score (nSPS) is 40.6. The molecule has 3 aliphatic rings. The van der Waals surface area contributed by atoms with Crippen molar-refractivity contribution in [2.45, 2.75) is 69.2 Å². The molecule has 3 rings (SSSR count). The SMILES string of the molecule is CC1CCC2SC(C=CC3CCC(N(C)C)CC3)=NC2C1. The Morgan fingerprint density at radius 2 is 1.86 bits per heavy atom. The molecule has 0 aromatic rings. The third-order valence-corrected chi connectivity index (χ3v) is 6.90. The highest BCUT2D eigenvalue weighted by Crippen LogP contribution is 2.39. The summed E-state index contributed by atoms with van der Waals surface area (Å²) in [6.07, 6.45) is 14.3. The molecule has 1 aliphatic heterocycles. The van der Waals surface area contributed by atoms with Crippen LogP contribution in [0.5, 0.6) is 0 Å². The number of hydrogen-bond donors (Lipinski definition) is 0. The summed E-state index contributed by atoms with van der Waals surface area (Å²) >= 11 is 2.05. The fraction of sp³-hybridized carbons (Fsp3) is 0.833. The van der Waals surface area contributed by atoms with Crippen LogP contribution in [0.3, 0.4) is 0 Å². The number of thioether (sulfide) groups is 1. The van der Waals surface area contributed by atoms with E-state index < -0.39 is 0 Å². The van der Waals surface area contributed by atoms with Crippen molar-refractivity contribution in [3.8, 4) is 0 Å². The Kier molecular flexibility index (Phi) is 5.11. The van der Waals surface area contributed by atoms with Gasteiger partial charge in [-0.2, -0.15) is 0 Å². The molecule has 2 fully saturated rings. The number of nitrogens with zero attached hydrogens (tertiary/aromatic N) is 2. The van der Waals surface area contributed by atoms with Crippen molar-refractivity contribution in [3.63, 3.8) is 0 Å². The Morgan fingerprint density at radius 1 is 1.10 bits per heavy atom. The zero-order valence-corrected chi connectivity index (χ0v) is 14.6. The van der Waals surface area contributed by atoms with Gasteiger partial charge in [-0.1, -0.05) is 13.0 Å². The van der Waals surface area contributed by atoms with Gasteiger partial charge in [-0.3, -0.25) is 4.99 Å². The molecular formula is C18H30N2S. The van der Waals surface area contributed by atoms with Gasteiger partial charge in [0.15, 0.2) is 0 Å². The largest absolute Gasteiger partial charge is 0.306 e. The monoisotopic (exact) mass is 306 g/mol. The lowest BCUT2D eigenvalue weighted by molar-refractivity contribution is 0.209. The molecule has 0 spiro atoms. The van der Waals surface area contributed by atoms with Crippen LogP contribution >= 0.6 is 11.8 Å². The van der Waals surface area contributed by atoms with Gasteiger partial charge >= 0.3 is 0 Å². The maximum Gasteiger partial charge on any atom is 0.0908 e. The van der Waals surface area contributed by atoms with Gasteiger partial charge in [-0.15, -0.1) is 11.8 Å². The van der Waals surface area contributed by atoms with Crippen LogP contribution < -0.4 is 0 Å². The Hall–Kier alpha value is -0.280. The van der Waals surface area contributed by atoms with E-state index in [1.807, 2.05) is 11.8 Å². The summed E-state index contributed by atoms with van der Waals surface area (Å²) in [5.74, 6) is 1.66. The van der Waals surface area contributed by atoms with E-state index in [0.29, 0.717) is 6.04 Å². The molecule has 0 aromatic heterocycles. The van der Waals surface area contributed by atoms with E-state index in [4.69, 9.17) is 4.99 Å². The van der Waals surface area contributed by atoms with E-state index in [9.17, 15) is 0 Å². The first kappa shape index (κ1) is 15.6. The molecule has 21 heavy (non-hydrogen) atoms. The van der Waals surface area contributed by atoms with Gasteiger partial charge < -0.3 is 4.90 Å². The molecule has 0 bridgehead atoms. The molecule has 0 amide bonds. The Bertz CT molecular complexity index is 407. The molecule has 3 heteroatoms. The first-order valence-electron chi connectivity index (χ1n) is 8.71. The van der Waals surface area contributed by atoms with E-state index in [0.717, 1.165) is 23.1 Å². The number of aliphatic imine (C=N–C) groups is 1. The van der Waals surface area contributed by atoms with Gasteiger partial charge in [0.05, 0.1) is 11.1 Å². The van der Waals surface area contributed by atoms with Crippen LogP contribution in [0.15, 0.2) is 17.1 Å². The summed E-state index contributed by atoms with van der Waals surface area (Å²) in [7, 11) is 4.43. The van der Waals surface area contributed by atoms with Crippen LogP contribution in [0.4, 0.5) is 0 Å². The average molecular weight is 307 g/mol. The smallest absolute Gasteiger partial charge is 0.0908 e. The predicted molar refractivity (Wildman–Crippen MR) is 94.2 cm³/mol. The zero-order valence-electron chi connectivity index (χ0n) is 13.8. The van der Waals surface area contributed by atoms with E-state index in [2.05, 4.69) is 38.1 Å². The van der Waals surface area contributed by atoms with E-state index in [-0.39, 0.29) is 0 Å². The molecule has 0 saturated heterocycles. The molecule has 3 atom stereocenters. The van der Waals surface area contributed by atoms with Crippen molar-refractivity contribution in [3.05, 3.63) is 12.2 Å². The molecule has 0 aromatic carbocycles. The number of fused-ring (bicyclic) bond motifs is 1. The minimum Gasteiger partial charge on any atom is -0.306 e. The number of allylic oxidation sites excluding steroid dienone is 1. The fourth-order valence-corrected chi connectivity index (χ4v) is 5.30. The Morgan fingerprint density at radius 3 is 2.57 bits per heavy atom. The Labute approximate surface area is 134 Å². The summed E-state index contributed by atoms with van der Waals surface area (Å²) in [4.78, 5) is 7.36. The number of rotatable bonds is 3. The molecule has 118 valence electrons. The summed E-state index contributed by atoms with van der Waals surface area (Å²) in [6, 6.07) is 1.42. The molecule has 2 saturated carbocycles. The lowest BCUT2D eigenvalue weighted by Gasteiger charge is -2.31. The molecule has 0 radical (unpaired) electrons. The zero-order chi connectivity index (χ0) is 14.8. The second-order valence-corrected chi connectivity index (χ2v) is 8.76. The molecule has 0 N–H and O–H groups in total. The minimum absolute atomic E-state index is 0.614. The van der Waals surface area contributed by atoms with Crippen LogP contribution in [0.2, 0.25) is 0 Å². The molecule has 2 aliphatic carbocycles. The van der Waals surface area contributed by atoms with Crippen molar-refractivity contribution in [1.29, 1.82) is 0 Å². The third kappa shape index (κ3) is 3.92. The maximum absolute atomic E-state index is 4.97. The number of hydrogen-bond acceptors (Lipinski definition) is 3. The lowest BCUT2D eigenvalue weighted by atomic mass is 9.85. The van der Waals surface area contributed by atoms with Crippen molar-refractivity contribution < 1.29 is 0 Å². The van der Waals surface area contributed by atoms with Gasteiger partial charge in [-0.05, 0) is 77.0 Å². The van der Waals surface area contributed by atoms with Crippen LogP contribution in [-0.2, 0) is 0 Å². The first-order chi connectivity index (χ1) is 10.1. The predicted octanol–water partition coefficient (Wildman–Crippen LogP) is 4.37. The Balaban J connectivity index is 1.50. The first-order valence-corrected chi connectivity index (χ1v) is 9.59. The summed E-state index contributed by atoms with van der Waals surface area (Å²) in [6.45, 7) is 2.38. The third-order valence-electron chi connectivity index (χ3n) is 5.56. The second-order valence-electron chi connectivity index (χ2n) is 7.50. The van der Waals surface area contributed by atoms with Crippen molar-refractivity contribution >= 4 is 16.8 Å². The van der Waals surface area contributed by atoms with E-state index in [1.165, 1.54) is 50.0 Å². The summed E-state index contributed by atoms with van der Waals surface area (Å²) < 4.78 is 0. The highest BCUT2D eigenvalue weighted by atomic mass is 32.2.